The zero-order valence-electron chi connectivity index (χ0n) is 18.2. The molecule has 0 bridgehead atoms. The molecule has 5 rings (SSSR count). The molecule has 0 spiro atoms. The monoisotopic (exact) mass is 459 g/mol. The minimum Gasteiger partial charge on any atom is -0.356 e. The molecule has 2 aromatic carbocycles. The van der Waals surface area contributed by atoms with Crippen molar-refractivity contribution in [1.82, 2.24) is 19.9 Å². The van der Waals surface area contributed by atoms with Crippen LogP contribution in [-0.4, -0.2) is 27.0 Å². The smallest absolute Gasteiger partial charge is 0.283 e. The maximum absolute atomic E-state index is 12.9. The number of carbonyl (C=O) groups excluding carboxylic acids is 1. The molecule has 2 aromatic heterocycles. The Kier molecular flexibility index (Phi) is 6.17. The first-order chi connectivity index (χ1) is 16.2. The van der Waals surface area contributed by atoms with Gasteiger partial charge in [-0.15, -0.1) is 5.10 Å². The summed E-state index contributed by atoms with van der Waals surface area (Å²) in [5, 5.41) is 11.7. The van der Waals surface area contributed by atoms with Crippen LogP contribution in [0, 0.1) is 0 Å². The van der Waals surface area contributed by atoms with E-state index in [1.54, 1.807) is 18.2 Å². The van der Waals surface area contributed by atoms with Crippen molar-refractivity contribution in [2.45, 2.75) is 38.6 Å². The van der Waals surface area contributed by atoms with Gasteiger partial charge in [0.05, 0.1) is 10.9 Å². The molecule has 168 valence electrons. The van der Waals surface area contributed by atoms with Crippen molar-refractivity contribution < 1.29 is 4.79 Å². The fourth-order valence-corrected chi connectivity index (χ4v) is 4.86. The van der Waals surface area contributed by atoms with Gasteiger partial charge in [0.1, 0.15) is 0 Å². The molecular weight excluding hydrogens is 434 g/mol. The van der Waals surface area contributed by atoms with Gasteiger partial charge in [0.15, 0.2) is 0 Å². The van der Waals surface area contributed by atoms with Crippen molar-refractivity contribution in [3.63, 3.8) is 0 Å². The Bertz CT molecular complexity index is 1390. The zero-order valence-corrected chi connectivity index (χ0v) is 19.0. The summed E-state index contributed by atoms with van der Waals surface area (Å²) in [6.45, 7) is 1.22. The van der Waals surface area contributed by atoms with Crippen LogP contribution >= 0.6 is 11.3 Å². The number of anilines is 1. The summed E-state index contributed by atoms with van der Waals surface area (Å²) in [4.78, 5) is 30.7. The van der Waals surface area contributed by atoms with Crippen molar-refractivity contribution in [2.75, 3.05) is 11.9 Å². The number of fused-ring (bicyclic) bond motifs is 2. The Balaban J connectivity index is 1.32. The van der Waals surface area contributed by atoms with E-state index in [-0.39, 0.29) is 11.5 Å². The Morgan fingerprint density at radius 2 is 2.00 bits per heavy atom. The predicted molar refractivity (Wildman–Crippen MR) is 132 cm³/mol. The number of amides is 1. The SMILES string of the molecule is O=C(NCCC1=CCCCC1)c1ccc2c(=O)n3nc(NCc4ccccc4)sc3nc2c1. The van der Waals surface area contributed by atoms with Crippen LogP contribution < -0.4 is 16.2 Å². The fraction of sp³-hybridized carbons (Fsp3) is 0.280. The highest BCUT2D eigenvalue weighted by molar-refractivity contribution is 7.20. The van der Waals surface area contributed by atoms with E-state index < -0.39 is 0 Å². The molecule has 0 saturated carbocycles. The van der Waals surface area contributed by atoms with E-state index in [4.69, 9.17) is 0 Å². The molecule has 0 aliphatic heterocycles. The van der Waals surface area contributed by atoms with Crippen molar-refractivity contribution in [3.8, 4) is 0 Å². The van der Waals surface area contributed by atoms with Gasteiger partial charge in [-0.3, -0.25) is 9.59 Å². The minimum absolute atomic E-state index is 0.148. The quantitative estimate of drug-likeness (QED) is 0.396. The second-order valence-corrected chi connectivity index (χ2v) is 9.16. The lowest BCUT2D eigenvalue weighted by molar-refractivity contribution is 0.0954. The molecule has 0 atom stereocenters. The second kappa shape index (κ2) is 9.54. The molecular formula is C25H25N5O2S. The van der Waals surface area contributed by atoms with Crippen molar-refractivity contribution in [1.29, 1.82) is 0 Å². The van der Waals surface area contributed by atoms with Crippen LogP contribution in [0.2, 0.25) is 0 Å². The van der Waals surface area contributed by atoms with Crippen molar-refractivity contribution in [3.05, 3.63) is 81.7 Å². The lowest BCUT2D eigenvalue weighted by Gasteiger charge is -2.13. The Hall–Kier alpha value is -3.52. The number of carbonyl (C=O) groups is 1. The largest absolute Gasteiger partial charge is 0.356 e. The molecule has 0 fully saturated rings. The number of benzene rings is 2. The summed E-state index contributed by atoms with van der Waals surface area (Å²) in [6, 6.07) is 15.0. The van der Waals surface area contributed by atoms with Crippen molar-refractivity contribution in [2.24, 2.45) is 0 Å². The van der Waals surface area contributed by atoms with Gasteiger partial charge in [0, 0.05) is 18.7 Å². The third kappa shape index (κ3) is 4.80. The highest BCUT2D eigenvalue weighted by Gasteiger charge is 2.14. The van der Waals surface area contributed by atoms with Crippen LogP contribution in [0.4, 0.5) is 5.13 Å². The summed E-state index contributed by atoms with van der Waals surface area (Å²) in [5.74, 6) is -0.148. The average molecular weight is 460 g/mol. The van der Waals surface area contributed by atoms with E-state index in [0.29, 0.717) is 39.6 Å². The molecule has 0 unspecified atom stereocenters. The lowest BCUT2D eigenvalue weighted by Crippen LogP contribution is -2.25. The van der Waals surface area contributed by atoms with Gasteiger partial charge in [-0.2, -0.15) is 4.52 Å². The molecule has 33 heavy (non-hydrogen) atoms. The highest BCUT2D eigenvalue weighted by Crippen LogP contribution is 2.21. The van der Waals surface area contributed by atoms with Gasteiger partial charge in [0.2, 0.25) is 10.1 Å². The first kappa shape index (κ1) is 21.3. The van der Waals surface area contributed by atoms with Crippen LogP contribution in [0.3, 0.4) is 0 Å². The summed E-state index contributed by atoms with van der Waals surface area (Å²) in [5.41, 5.74) is 3.32. The van der Waals surface area contributed by atoms with Crippen LogP contribution in [0.15, 0.2) is 65.0 Å². The van der Waals surface area contributed by atoms with Crippen LogP contribution in [-0.2, 0) is 6.54 Å². The van der Waals surface area contributed by atoms with E-state index in [2.05, 4.69) is 26.8 Å². The maximum atomic E-state index is 12.9. The van der Waals surface area contributed by atoms with Gasteiger partial charge >= 0.3 is 0 Å². The predicted octanol–water partition coefficient (Wildman–Crippen LogP) is 4.54. The van der Waals surface area contributed by atoms with Gasteiger partial charge in [-0.25, -0.2) is 4.98 Å². The second-order valence-electron chi connectivity index (χ2n) is 8.20. The standard InChI is InChI=1S/C25H25N5O2S/c31-22(26-14-13-17-7-3-1-4-8-17)19-11-12-20-21(15-19)28-25-30(23(20)32)29-24(33-25)27-16-18-9-5-2-6-10-18/h2,5-7,9-12,15H,1,3-4,8,13-14,16H2,(H,26,31)(H,27,29). The Labute approximate surface area is 195 Å². The third-order valence-corrected chi connectivity index (χ3v) is 6.73. The van der Waals surface area contributed by atoms with Crippen molar-refractivity contribution >= 4 is 38.2 Å². The molecule has 2 N–H and O–H groups in total. The zero-order chi connectivity index (χ0) is 22.6. The molecule has 2 heterocycles. The number of hydrogen-bond acceptors (Lipinski definition) is 6. The van der Waals surface area contributed by atoms with Crippen LogP contribution in [0.5, 0.6) is 0 Å². The summed E-state index contributed by atoms with van der Waals surface area (Å²) >= 11 is 1.31. The number of aromatic nitrogens is 3. The Morgan fingerprint density at radius 3 is 2.82 bits per heavy atom. The van der Waals surface area contributed by atoms with E-state index in [1.165, 1.54) is 34.3 Å². The number of rotatable bonds is 7. The maximum Gasteiger partial charge on any atom is 0.283 e. The fourth-order valence-electron chi connectivity index (χ4n) is 4.06. The van der Waals surface area contributed by atoms with Gasteiger partial charge in [0.25, 0.3) is 11.5 Å². The lowest BCUT2D eigenvalue weighted by atomic mass is 9.97. The number of nitrogens with zero attached hydrogens (tertiary/aromatic N) is 3. The third-order valence-electron chi connectivity index (χ3n) is 5.86. The van der Waals surface area contributed by atoms with Gasteiger partial charge in [-0.05, 0) is 55.9 Å². The molecule has 8 heteroatoms. The van der Waals surface area contributed by atoms with E-state index in [0.717, 1.165) is 24.8 Å². The number of hydrogen-bond donors (Lipinski definition) is 2. The molecule has 7 nitrogen and oxygen atoms in total. The molecule has 1 aliphatic rings. The first-order valence-corrected chi connectivity index (χ1v) is 12.1. The first-order valence-electron chi connectivity index (χ1n) is 11.2. The topological polar surface area (TPSA) is 88.4 Å². The number of allylic oxidation sites excluding steroid dienone is 1. The minimum atomic E-state index is -0.241. The average Bonchev–Trinajstić information content (AvgIpc) is 3.27. The molecule has 4 aromatic rings. The molecule has 0 radical (unpaired) electrons. The molecule has 0 saturated heterocycles. The van der Waals surface area contributed by atoms with E-state index in [9.17, 15) is 9.59 Å². The summed E-state index contributed by atoms with van der Waals surface area (Å²) in [6.07, 6.45) is 7.96. The van der Waals surface area contributed by atoms with E-state index >= 15 is 0 Å². The highest BCUT2D eigenvalue weighted by atomic mass is 32.1. The number of nitrogens with one attached hydrogen (secondary N) is 2. The Morgan fingerprint density at radius 1 is 1.12 bits per heavy atom. The van der Waals surface area contributed by atoms with Gasteiger partial charge < -0.3 is 10.6 Å². The van der Waals surface area contributed by atoms with Crippen LogP contribution in [0.1, 0.15) is 48.0 Å². The van der Waals surface area contributed by atoms with Crippen LogP contribution in [0.25, 0.3) is 15.9 Å². The molecule has 1 aliphatic carbocycles. The molecule has 1 amide bonds. The van der Waals surface area contributed by atoms with Gasteiger partial charge in [-0.1, -0.05) is 53.3 Å². The summed E-state index contributed by atoms with van der Waals surface area (Å²) < 4.78 is 1.32. The van der Waals surface area contributed by atoms with E-state index in [1.807, 2.05) is 30.3 Å². The summed E-state index contributed by atoms with van der Waals surface area (Å²) in [7, 11) is 0. The normalized spacial score (nSPS) is 13.8.